The second-order valence-corrected chi connectivity index (χ2v) is 8.84. The molecule has 2 aromatic rings. The smallest absolute Gasteiger partial charge is 0.327 e. The number of carbonyl (C=O) groups is 1. The van der Waals surface area contributed by atoms with Crippen molar-refractivity contribution in [3.05, 3.63) is 57.7 Å². The normalized spacial score (nSPS) is 11.4. The Morgan fingerprint density at radius 1 is 1.12 bits per heavy atom. The lowest BCUT2D eigenvalue weighted by molar-refractivity contribution is -0.145. The van der Waals surface area contributed by atoms with Crippen LogP contribution in [-0.2, 0) is 19.6 Å². The molecule has 134 valence electrons. The summed E-state index contributed by atoms with van der Waals surface area (Å²) in [5.74, 6) is -0.592. The summed E-state index contributed by atoms with van der Waals surface area (Å²) in [6.07, 6.45) is -0.314. The van der Waals surface area contributed by atoms with Gasteiger partial charge in [-0.1, -0.05) is 29.8 Å². The molecule has 7 heteroatoms. The predicted octanol–water partition coefficient (Wildman–Crippen LogP) is 3.75. The number of esters is 1. The number of halogens is 1. The Morgan fingerprint density at radius 3 is 2.28 bits per heavy atom. The van der Waals surface area contributed by atoms with Gasteiger partial charge in [0.25, 0.3) is 10.0 Å². The summed E-state index contributed by atoms with van der Waals surface area (Å²) in [6, 6.07) is 13.6. The zero-order chi connectivity index (χ0) is 18.6. The van der Waals surface area contributed by atoms with Gasteiger partial charge in [-0.2, -0.15) is 0 Å². The van der Waals surface area contributed by atoms with Crippen LogP contribution in [0.5, 0.6) is 0 Å². The number of carbonyl (C=O) groups excluding carboxylic acids is 1. The average molecular weight is 473 g/mol. The van der Waals surface area contributed by atoms with E-state index in [0.717, 1.165) is 13.4 Å². The van der Waals surface area contributed by atoms with Gasteiger partial charge in [0.15, 0.2) is 0 Å². The van der Waals surface area contributed by atoms with Gasteiger partial charge in [0.2, 0.25) is 0 Å². The van der Waals surface area contributed by atoms with Gasteiger partial charge in [0, 0.05) is 3.57 Å². The summed E-state index contributed by atoms with van der Waals surface area (Å²) < 4.78 is 33.2. The zero-order valence-electron chi connectivity index (χ0n) is 14.3. The Morgan fingerprint density at radius 2 is 1.72 bits per heavy atom. The Labute approximate surface area is 162 Å². The fourth-order valence-electron chi connectivity index (χ4n) is 2.21. The minimum atomic E-state index is -3.90. The first-order valence-electron chi connectivity index (χ1n) is 7.75. The van der Waals surface area contributed by atoms with E-state index in [0.29, 0.717) is 5.69 Å². The van der Waals surface area contributed by atoms with Gasteiger partial charge in [0.05, 0.1) is 16.7 Å². The van der Waals surface area contributed by atoms with Crippen LogP contribution in [0.4, 0.5) is 5.69 Å². The summed E-state index contributed by atoms with van der Waals surface area (Å²) in [7, 11) is -3.90. The van der Waals surface area contributed by atoms with Crippen LogP contribution >= 0.6 is 22.6 Å². The molecule has 0 saturated heterocycles. The molecule has 0 bridgehead atoms. The maximum atomic E-state index is 13.1. The number of para-hydroxylation sites is 1. The summed E-state index contributed by atoms with van der Waals surface area (Å²) in [5, 5.41) is 0. The third-order valence-corrected chi connectivity index (χ3v) is 6.06. The molecule has 0 fully saturated rings. The monoisotopic (exact) mass is 473 g/mol. The lowest BCUT2D eigenvalue weighted by Crippen LogP contribution is -2.37. The summed E-state index contributed by atoms with van der Waals surface area (Å²) >= 11 is 2.05. The molecule has 0 aliphatic rings. The molecule has 0 N–H and O–H groups in total. The van der Waals surface area contributed by atoms with Crippen LogP contribution in [0.2, 0.25) is 0 Å². The molecule has 0 aliphatic heterocycles. The lowest BCUT2D eigenvalue weighted by atomic mass is 10.2. The second-order valence-electron chi connectivity index (χ2n) is 5.81. The first kappa shape index (κ1) is 19.7. The van der Waals surface area contributed by atoms with E-state index in [9.17, 15) is 13.2 Å². The molecule has 25 heavy (non-hydrogen) atoms. The van der Waals surface area contributed by atoms with Gasteiger partial charge >= 0.3 is 5.97 Å². The number of benzene rings is 2. The van der Waals surface area contributed by atoms with Gasteiger partial charge in [0.1, 0.15) is 6.54 Å². The van der Waals surface area contributed by atoms with E-state index in [1.807, 2.05) is 13.0 Å². The van der Waals surface area contributed by atoms with E-state index >= 15 is 0 Å². The van der Waals surface area contributed by atoms with Crippen LogP contribution in [-0.4, -0.2) is 27.0 Å². The maximum absolute atomic E-state index is 13.1. The van der Waals surface area contributed by atoms with Crippen LogP contribution in [0.15, 0.2) is 53.4 Å². The van der Waals surface area contributed by atoms with Crippen molar-refractivity contribution in [3.63, 3.8) is 0 Å². The van der Waals surface area contributed by atoms with Crippen molar-refractivity contribution in [2.24, 2.45) is 0 Å². The first-order chi connectivity index (χ1) is 11.7. The summed E-state index contributed by atoms with van der Waals surface area (Å²) in [5.41, 5.74) is 1.41. The van der Waals surface area contributed by atoms with Crippen LogP contribution < -0.4 is 4.31 Å². The van der Waals surface area contributed by atoms with Crippen LogP contribution in [0, 0.1) is 10.5 Å². The Balaban J connectivity index is 2.48. The standard InChI is InChI=1S/C18H20INO4S/c1-13(2)24-18(21)12-20(17-7-5-4-6-16(17)19)25(22,23)15-10-8-14(3)9-11-15/h4-11,13H,12H2,1-3H3. The number of aryl methyl sites for hydroxylation is 1. The van der Waals surface area contributed by atoms with Crippen molar-refractivity contribution in [2.75, 3.05) is 10.8 Å². The van der Waals surface area contributed by atoms with Crippen molar-refractivity contribution in [3.8, 4) is 0 Å². The van der Waals surface area contributed by atoms with Crippen molar-refractivity contribution >= 4 is 44.3 Å². The minimum absolute atomic E-state index is 0.134. The van der Waals surface area contributed by atoms with Crippen molar-refractivity contribution in [1.29, 1.82) is 0 Å². The zero-order valence-corrected chi connectivity index (χ0v) is 17.2. The lowest BCUT2D eigenvalue weighted by Gasteiger charge is -2.25. The van der Waals surface area contributed by atoms with E-state index in [2.05, 4.69) is 22.6 Å². The number of rotatable bonds is 6. The van der Waals surface area contributed by atoms with E-state index in [1.54, 1.807) is 56.3 Å². The van der Waals surface area contributed by atoms with Gasteiger partial charge in [-0.3, -0.25) is 9.10 Å². The Bertz CT molecular complexity index is 848. The van der Waals surface area contributed by atoms with Crippen LogP contribution in [0.25, 0.3) is 0 Å². The highest BCUT2D eigenvalue weighted by Gasteiger charge is 2.29. The van der Waals surface area contributed by atoms with Gasteiger partial charge in [-0.15, -0.1) is 0 Å². The number of ether oxygens (including phenoxy) is 1. The first-order valence-corrected chi connectivity index (χ1v) is 10.3. The summed E-state index contributed by atoms with van der Waals surface area (Å²) in [6.45, 7) is 4.95. The molecule has 0 radical (unpaired) electrons. The molecule has 0 unspecified atom stereocenters. The Hall–Kier alpha value is -1.61. The molecular formula is C18H20INO4S. The molecule has 0 aliphatic carbocycles. The van der Waals surface area contributed by atoms with Crippen molar-refractivity contribution in [1.82, 2.24) is 0 Å². The minimum Gasteiger partial charge on any atom is -0.462 e. The molecule has 2 aromatic carbocycles. The van der Waals surface area contributed by atoms with E-state index in [4.69, 9.17) is 4.74 Å². The average Bonchev–Trinajstić information content (AvgIpc) is 2.53. The van der Waals surface area contributed by atoms with E-state index in [1.165, 1.54) is 0 Å². The molecule has 0 saturated carbocycles. The van der Waals surface area contributed by atoms with E-state index in [-0.39, 0.29) is 17.5 Å². The molecule has 2 rings (SSSR count). The fourth-order valence-corrected chi connectivity index (χ4v) is 4.48. The van der Waals surface area contributed by atoms with Gasteiger partial charge in [-0.25, -0.2) is 8.42 Å². The molecule has 0 atom stereocenters. The summed E-state index contributed by atoms with van der Waals surface area (Å²) in [4.78, 5) is 12.3. The number of anilines is 1. The Kier molecular flexibility index (Phi) is 6.45. The molecule has 0 aromatic heterocycles. The number of nitrogens with zero attached hydrogens (tertiary/aromatic N) is 1. The molecule has 5 nitrogen and oxygen atoms in total. The quantitative estimate of drug-likeness (QED) is 0.474. The maximum Gasteiger partial charge on any atom is 0.327 e. The van der Waals surface area contributed by atoms with Crippen LogP contribution in [0.3, 0.4) is 0 Å². The largest absolute Gasteiger partial charge is 0.462 e. The number of sulfonamides is 1. The van der Waals surface area contributed by atoms with Gasteiger partial charge < -0.3 is 4.74 Å². The highest BCUT2D eigenvalue weighted by Crippen LogP contribution is 2.28. The number of hydrogen-bond donors (Lipinski definition) is 0. The van der Waals surface area contributed by atoms with Crippen molar-refractivity contribution < 1.29 is 17.9 Å². The fraction of sp³-hybridized carbons (Fsp3) is 0.278. The van der Waals surface area contributed by atoms with Crippen LogP contribution in [0.1, 0.15) is 19.4 Å². The van der Waals surface area contributed by atoms with Crippen molar-refractivity contribution in [2.45, 2.75) is 31.8 Å². The van der Waals surface area contributed by atoms with Gasteiger partial charge in [-0.05, 0) is 67.6 Å². The molecule has 0 heterocycles. The molecule has 0 spiro atoms. The second kappa shape index (κ2) is 8.18. The SMILES string of the molecule is Cc1ccc(S(=O)(=O)N(CC(=O)OC(C)C)c2ccccc2I)cc1. The predicted molar refractivity (Wildman–Crippen MR) is 106 cm³/mol. The molecule has 0 amide bonds. The highest BCUT2D eigenvalue weighted by atomic mass is 127. The molecular weight excluding hydrogens is 453 g/mol. The topological polar surface area (TPSA) is 63.7 Å². The number of hydrogen-bond acceptors (Lipinski definition) is 4. The van der Waals surface area contributed by atoms with E-state index < -0.39 is 16.0 Å². The highest BCUT2D eigenvalue weighted by molar-refractivity contribution is 14.1. The third-order valence-electron chi connectivity index (χ3n) is 3.37. The third kappa shape index (κ3) is 4.94.